The van der Waals surface area contributed by atoms with Crippen molar-refractivity contribution < 1.29 is 13.9 Å². The highest BCUT2D eigenvalue weighted by molar-refractivity contribution is 7.59. The Morgan fingerprint density at radius 1 is 1.20 bits per heavy atom. The molecule has 1 aliphatic heterocycles. The van der Waals surface area contributed by atoms with Gasteiger partial charge in [0.2, 0.25) is 0 Å². The van der Waals surface area contributed by atoms with Crippen LogP contribution >= 0.6 is 7.94 Å². The zero-order valence-corrected chi connectivity index (χ0v) is 12.3. The Labute approximate surface area is 119 Å². The van der Waals surface area contributed by atoms with Crippen molar-refractivity contribution in [2.24, 2.45) is 0 Å². The first kappa shape index (κ1) is 13.6. The van der Waals surface area contributed by atoms with Gasteiger partial charge in [0.1, 0.15) is 6.16 Å². The van der Waals surface area contributed by atoms with Gasteiger partial charge in [-0.3, -0.25) is 0 Å². The molecule has 0 N–H and O–H groups in total. The van der Waals surface area contributed by atoms with Crippen LogP contribution < -0.4 is 9.42 Å². The third-order valence-corrected chi connectivity index (χ3v) is 5.12. The van der Waals surface area contributed by atoms with Crippen molar-refractivity contribution in [1.29, 1.82) is 0 Å². The second-order valence-corrected chi connectivity index (χ2v) is 6.78. The molecule has 3 nitrogen and oxygen atoms in total. The van der Waals surface area contributed by atoms with E-state index in [0.717, 1.165) is 22.8 Å². The first-order valence-electron chi connectivity index (χ1n) is 6.81. The molecule has 0 amide bonds. The van der Waals surface area contributed by atoms with Crippen LogP contribution in [0.4, 0.5) is 0 Å². The van der Waals surface area contributed by atoms with Crippen molar-refractivity contribution in [1.82, 2.24) is 0 Å². The van der Waals surface area contributed by atoms with Crippen molar-refractivity contribution in [2.45, 2.75) is 13.3 Å². The SMILES string of the molecule is CCO[P+]1([O-])C/C=C\Cc2ccc3ccccc3c2O1. The Bertz CT molecular complexity index is 653. The third kappa shape index (κ3) is 2.57. The fourth-order valence-electron chi connectivity index (χ4n) is 2.42. The van der Waals surface area contributed by atoms with Crippen molar-refractivity contribution in [2.75, 3.05) is 12.8 Å². The molecular weight excluding hydrogens is 271 g/mol. The van der Waals surface area contributed by atoms with Crippen LogP contribution in [0.1, 0.15) is 12.5 Å². The Hall–Kier alpha value is -1.41. The van der Waals surface area contributed by atoms with E-state index in [9.17, 15) is 4.89 Å². The van der Waals surface area contributed by atoms with Crippen molar-refractivity contribution in [3.63, 3.8) is 0 Å². The second kappa shape index (κ2) is 5.53. The van der Waals surface area contributed by atoms with Gasteiger partial charge in [0.15, 0.2) is 5.75 Å². The van der Waals surface area contributed by atoms with Crippen LogP contribution in [-0.4, -0.2) is 12.8 Å². The molecule has 1 heterocycles. The van der Waals surface area contributed by atoms with Gasteiger partial charge in [0.05, 0.1) is 6.61 Å². The summed E-state index contributed by atoms with van der Waals surface area (Å²) in [5.74, 6) is 0.698. The van der Waals surface area contributed by atoms with Crippen LogP contribution in [0.25, 0.3) is 10.8 Å². The molecule has 1 aliphatic rings. The Balaban J connectivity index is 2.14. The van der Waals surface area contributed by atoms with Gasteiger partial charge in [-0.1, -0.05) is 42.5 Å². The van der Waals surface area contributed by atoms with E-state index in [4.69, 9.17) is 9.05 Å². The number of hydrogen-bond acceptors (Lipinski definition) is 3. The third-order valence-electron chi connectivity index (χ3n) is 3.35. The number of hydrogen-bond donors (Lipinski definition) is 0. The normalized spacial score (nSPS) is 23.5. The first-order chi connectivity index (χ1) is 9.72. The lowest BCUT2D eigenvalue weighted by molar-refractivity contribution is -0.209. The molecule has 0 saturated carbocycles. The van der Waals surface area contributed by atoms with Gasteiger partial charge in [-0.25, -0.2) is 4.52 Å². The highest BCUT2D eigenvalue weighted by Crippen LogP contribution is 2.54. The van der Waals surface area contributed by atoms with E-state index in [0.29, 0.717) is 18.5 Å². The monoisotopic (exact) mass is 288 g/mol. The van der Waals surface area contributed by atoms with Gasteiger partial charge in [-0.15, -0.1) is 0 Å². The van der Waals surface area contributed by atoms with Crippen LogP contribution in [0.15, 0.2) is 48.6 Å². The van der Waals surface area contributed by atoms with E-state index in [1.165, 1.54) is 0 Å². The molecule has 4 heteroatoms. The summed E-state index contributed by atoms with van der Waals surface area (Å²) < 4.78 is 11.3. The Morgan fingerprint density at radius 2 is 2.05 bits per heavy atom. The van der Waals surface area contributed by atoms with Crippen LogP contribution in [0, 0.1) is 0 Å². The maximum absolute atomic E-state index is 12.7. The minimum atomic E-state index is -3.11. The van der Waals surface area contributed by atoms with E-state index in [1.54, 1.807) is 0 Å². The summed E-state index contributed by atoms with van der Waals surface area (Å²) in [6.45, 7) is 2.21. The smallest absolute Gasteiger partial charge is 0.288 e. The fraction of sp³-hybridized carbons (Fsp3) is 0.250. The molecule has 0 aliphatic carbocycles. The van der Waals surface area contributed by atoms with Crippen molar-refractivity contribution >= 4 is 18.7 Å². The highest BCUT2D eigenvalue weighted by atomic mass is 31.2. The van der Waals surface area contributed by atoms with Gasteiger partial charge in [0, 0.05) is 10.9 Å². The molecule has 0 spiro atoms. The fourth-order valence-corrected chi connectivity index (χ4v) is 3.95. The largest absolute Gasteiger partial charge is 0.624 e. The van der Waals surface area contributed by atoms with E-state index in [-0.39, 0.29) is 0 Å². The average Bonchev–Trinajstić information content (AvgIpc) is 2.43. The lowest BCUT2D eigenvalue weighted by Gasteiger charge is -2.28. The molecule has 3 rings (SSSR count). The van der Waals surface area contributed by atoms with Crippen LogP contribution in [0.3, 0.4) is 0 Å². The molecule has 0 aromatic heterocycles. The van der Waals surface area contributed by atoms with Gasteiger partial charge in [-0.2, -0.15) is 0 Å². The van der Waals surface area contributed by atoms with Crippen LogP contribution in [-0.2, 0) is 10.9 Å². The van der Waals surface area contributed by atoms with Gasteiger partial charge in [0.25, 0.3) is 7.94 Å². The molecule has 1 unspecified atom stereocenters. The quantitative estimate of drug-likeness (QED) is 0.627. The van der Waals surface area contributed by atoms with E-state index < -0.39 is 7.94 Å². The molecule has 0 fully saturated rings. The van der Waals surface area contributed by atoms with Gasteiger partial charge in [-0.05, 0) is 24.8 Å². The number of rotatable bonds is 2. The number of allylic oxidation sites excluding steroid dienone is 2. The number of benzene rings is 2. The summed E-state index contributed by atoms with van der Waals surface area (Å²) in [5.41, 5.74) is 1.04. The topological polar surface area (TPSA) is 41.5 Å². The summed E-state index contributed by atoms with van der Waals surface area (Å²) in [7, 11) is -3.11. The van der Waals surface area contributed by atoms with Crippen LogP contribution in [0.5, 0.6) is 5.75 Å². The zero-order chi connectivity index (χ0) is 14.0. The Kier molecular flexibility index (Phi) is 3.75. The van der Waals surface area contributed by atoms with Crippen LogP contribution in [0.2, 0.25) is 0 Å². The van der Waals surface area contributed by atoms with E-state index in [2.05, 4.69) is 6.07 Å². The van der Waals surface area contributed by atoms with E-state index in [1.807, 2.05) is 49.4 Å². The lowest BCUT2D eigenvalue weighted by Crippen LogP contribution is -2.22. The van der Waals surface area contributed by atoms with Gasteiger partial charge < -0.3 is 9.42 Å². The molecule has 2 aromatic rings. The highest BCUT2D eigenvalue weighted by Gasteiger charge is 2.32. The molecule has 104 valence electrons. The molecular formula is C16H17O3P. The molecule has 20 heavy (non-hydrogen) atoms. The maximum Gasteiger partial charge on any atom is 0.288 e. The summed E-state index contributed by atoms with van der Waals surface area (Å²) in [6.07, 6.45) is 5.02. The minimum absolute atomic E-state index is 0.323. The summed E-state index contributed by atoms with van der Waals surface area (Å²) in [5, 5.41) is 2.07. The maximum atomic E-state index is 12.7. The van der Waals surface area contributed by atoms with Crippen molar-refractivity contribution in [3.8, 4) is 5.75 Å². The molecule has 0 saturated heterocycles. The predicted molar refractivity (Wildman–Crippen MR) is 80.8 cm³/mol. The Morgan fingerprint density at radius 3 is 2.90 bits per heavy atom. The zero-order valence-electron chi connectivity index (χ0n) is 11.4. The van der Waals surface area contributed by atoms with Crippen molar-refractivity contribution in [3.05, 3.63) is 54.1 Å². The summed E-state index contributed by atoms with van der Waals surface area (Å²) >= 11 is 0. The standard InChI is InChI=1S/C16H17O3P/c1-2-18-20(17)12-6-5-8-14-11-10-13-7-3-4-9-15(13)16(14)19-20/h3-7,9-11H,2,8,12H2,1H3/b6-5-. The summed E-state index contributed by atoms with van der Waals surface area (Å²) in [6, 6.07) is 12.1. The molecule has 1 atom stereocenters. The lowest BCUT2D eigenvalue weighted by atomic mass is 10.0. The average molecular weight is 288 g/mol. The molecule has 0 radical (unpaired) electrons. The number of fused-ring (bicyclic) bond motifs is 3. The van der Waals surface area contributed by atoms with Gasteiger partial charge >= 0.3 is 0 Å². The molecule has 0 bridgehead atoms. The second-order valence-electron chi connectivity index (χ2n) is 4.75. The van der Waals surface area contributed by atoms with E-state index >= 15 is 0 Å². The first-order valence-corrected chi connectivity index (χ1v) is 8.53. The molecule has 2 aromatic carbocycles. The predicted octanol–water partition coefficient (Wildman–Crippen LogP) is 3.49. The summed E-state index contributed by atoms with van der Waals surface area (Å²) in [4.78, 5) is 12.7. The minimum Gasteiger partial charge on any atom is -0.624 e.